The van der Waals surface area contributed by atoms with Crippen LogP contribution in [0.1, 0.15) is 43.0 Å². The molecule has 0 aliphatic heterocycles. The predicted molar refractivity (Wildman–Crippen MR) is 335 cm³/mol. The number of primary amides is 2. The van der Waals surface area contributed by atoms with E-state index in [1.165, 1.54) is 66.9 Å². The van der Waals surface area contributed by atoms with Gasteiger partial charge >= 0.3 is 11.9 Å². The lowest BCUT2D eigenvalue weighted by Gasteiger charge is -2.08. The van der Waals surface area contributed by atoms with E-state index in [1.54, 1.807) is 97.1 Å². The molecule has 0 unspecified atom stereocenters. The number of hydrogen-bond acceptors (Lipinski definition) is 24. The zero-order valence-electron chi connectivity index (χ0n) is 47.1. The average Bonchev–Trinajstić information content (AvgIpc) is 1.66. The zero-order valence-corrected chi connectivity index (χ0v) is 51.8. The van der Waals surface area contributed by atoms with Gasteiger partial charge in [0.25, 0.3) is 0 Å². The maximum Gasteiger partial charge on any atom is 0.337 e. The van der Waals surface area contributed by atoms with Crippen LogP contribution < -0.4 is 11.5 Å². The number of carbonyl (C=O) groups excluding carboxylic acids is 4. The third-order valence-electron chi connectivity index (χ3n) is 11.6. The second-order valence-electron chi connectivity index (χ2n) is 18.1. The van der Waals surface area contributed by atoms with E-state index < -0.39 is 35.4 Å². The first kappa shape index (κ1) is 69.2. The Balaban J connectivity index is 0.000000176. The molecule has 472 valence electrons. The largest absolute Gasteiger partial charge is 0.508 e. The van der Waals surface area contributed by atoms with Gasteiger partial charge in [-0.3, -0.25) is 19.2 Å². The number of halogens is 4. The number of hydrogen-bond donors (Lipinski definition) is 6. The molecule has 10 aromatic rings. The Bertz CT molecular complexity index is 4350. The molecule has 0 saturated carbocycles. The first-order chi connectivity index (χ1) is 44.1. The number of thioether (sulfide) groups is 4. The van der Waals surface area contributed by atoms with Gasteiger partial charge in [-0.25, -0.2) is 18.4 Å². The van der Waals surface area contributed by atoms with Crippen LogP contribution in [0.5, 0.6) is 0 Å². The van der Waals surface area contributed by atoms with Gasteiger partial charge in [0, 0.05) is 24.0 Å². The molecule has 0 aliphatic carbocycles. The second-order valence-corrected chi connectivity index (χ2v) is 22.7. The number of Topliss-reactive ketones (excluding diaryl/α,β-unsaturated/α-hetero) is 2. The van der Waals surface area contributed by atoms with Crippen LogP contribution in [0.25, 0.3) is 34.3 Å². The lowest BCUT2D eigenvalue weighted by atomic mass is 10.1. The van der Waals surface area contributed by atoms with Gasteiger partial charge in [-0.15, -0.1) is 20.4 Å². The number of aromatic nitrogens is 16. The van der Waals surface area contributed by atoms with Crippen LogP contribution in [-0.2, 0) is 32.0 Å². The highest BCUT2D eigenvalue weighted by Crippen LogP contribution is 2.28. The van der Waals surface area contributed by atoms with Crippen LogP contribution in [0.2, 0.25) is 10.0 Å². The predicted octanol–water partition coefficient (Wildman–Crippen LogP) is 7.65. The second kappa shape index (κ2) is 33.5. The number of aromatic carboxylic acids is 2. The van der Waals surface area contributed by atoms with E-state index >= 15 is 0 Å². The number of carboxylic acids is 2. The summed E-state index contributed by atoms with van der Waals surface area (Å²) in [4.78, 5) is 67.7. The maximum absolute atomic E-state index is 13.7. The zero-order chi connectivity index (χ0) is 66.4. The number of aliphatic hydroxyl groups excluding tert-OH is 2. The average molecular weight is 1370 g/mol. The highest BCUT2D eigenvalue weighted by molar-refractivity contribution is 8.00. The molecule has 0 aliphatic rings. The lowest BCUT2D eigenvalue weighted by Crippen LogP contribution is -2.13. The number of nitrogens with two attached hydrogens (primary N) is 2. The Morgan fingerprint density at radius 2 is 0.793 bits per heavy atom. The van der Waals surface area contributed by atoms with E-state index in [2.05, 4.69) is 75.3 Å². The van der Waals surface area contributed by atoms with Crippen LogP contribution in [0, 0.1) is 11.6 Å². The molecule has 0 saturated heterocycles. The van der Waals surface area contributed by atoms with E-state index in [0.29, 0.717) is 70.7 Å². The number of amides is 2. The fourth-order valence-electron chi connectivity index (χ4n) is 7.36. The van der Waals surface area contributed by atoms with Crippen LogP contribution in [0.3, 0.4) is 0 Å². The number of carboxylic acid groups (broad SMARTS) is 2. The molecule has 92 heavy (non-hydrogen) atoms. The molecular formula is C56H46Cl2F2N18O10S4. The van der Waals surface area contributed by atoms with Crippen molar-refractivity contribution >= 4 is 117 Å². The molecule has 0 bridgehead atoms. The van der Waals surface area contributed by atoms with Gasteiger partial charge in [0.1, 0.15) is 34.7 Å². The minimum absolute atomic E-state index is 0.00330. The summed E-state index contributed by atoms with van der Waals surface area (Å²) >= 11 is 16.2. The van der Waals surface area contributed by atoms with E-state index in [0.717, 1.165) is 35.3 Å². The lowest BCUT2D eigenvalue weighted by molar-refractivity contribution is -0.116. The van der Waals surface area contributed by atoms with Crippen molar-refractivity contribution in [3.05, 3.63) is 202 Å². The van der Waals surface area contributed by atoms with E-state index in [4.69, 9.17) is 44.9 Å². The summed E-state index contributed by atoms with van der Waals surface area (Å²) in [6, 6.07) is 34.6. The molecule has 4 heterocycles. The van der Waals surface area contributed by atoms with Crippen molar-refractivity contribution in [1.29, 1.82) is 0 Å². The van der Waals surface area contributed by atoms with Crippen molar-refractivity contribution in [2.24, 2.45) is 11.5 Å². The number of benzene rings is 6. The van der Waals surface area contributed by atoms with E-state index in [-0.39, 0.29) is 75.1 Å². The highest BCUT2D eigenvalue weighted by Gasteiger charge is 2.19. The summed E-state index contributed by atoms with van der Waals surface area (Å²) in [5, 5.41) is 83.9. The Labute approximate surface area is 545 Å². The van der Waals surface area contributed by atoms with Gasteiger partial charge in [-0.2, -0.15) is 18.7 Å². The Morgan fingerprint density at radius 3 is 1.16 bits per heavy atom. The van der Waals surface area contributed by atoms with Crippen LogP contribution in [0.15, 0.2) is 167 Å². The molecule has 2 amide bonds. The normalized spacial score (nSPS) is 10.6. The molecule has 0 fully saturated rings. The minimum atomic E-state index is -1.16. The summed E-state index contributed by atoms with van der Waals surface area (Å²) in [5.74, 6) is -4.26. The van der Waals surface area contributed by atoms with Crippen molar-refractivity contribution < 1.29 is 58.0 Å². The number of ketones is 2. The van der Waals surface area contributed by atoms with Gasteiger partial charge in [-0.1, -0.05) is 138 Å². The molecule has 6 aromatic carbocycles. The Kier molecular flexibility index (Phi) is 25.2. The van der Waals surface area contributed by atoms with Gasteiger partial charge < -0.3 is 31.9 Å². The molecule has 0 atom stereocenters. The van der Waals surface area contributed by atoms with Gasteiger partial charge in [-0.05, 0) is 132 Å². The molecule has 8 N–H and O–H groups in total. The van der Waals surface area contributed by atoms with Crippen LogP contribution in [0.4, 0.5) is 8.78 Å². The van der Waals surface area contributed by atoms with E-state index in [9.17, 15) is 47.8 Å². The van der Waals surface area contributed by atoms with Gasteiger partial charge in [0.2, 0.25) is 32.4 Å². The fourth-order valence-corrected chi connectivity index (χ4v) is 10.5. The molecule has 0 spiro atoms. The summed E-state index contributed by atoms with van der Waals surface area (Å²) in [6.45, 7) is 6.96. The van der Waals surface area contributed by atoms with Gasteiger partial charge in [0.15, 0.2) is 0 Å². The number of carbonyl (C=O) groups is 6. The maximum atomic E-state index is 13.7. The van der Waals surface area contributed by atoms with E-state index in [1.807, 2.05) is 0 Å². The van der Waals surface area contributed by atoms with Crippen molar-refractivity contribution in [1.82, 2.24) is 80.8 Å². The first-order valence-corrected chi connectivity index (χ1v) is 30.5. The monoisotopic (exact) mass is 1370 g/mol. The number of rotatable bonds is 24. The number of tetrazole rings is 4. The summed E-state index contributed by atoms with van der Waals surface area (Å²) in [7, 11) is 0. The number of nitrogens with zero attached hydrogens (tertiary/aromatic N) is 16. The first-order valence-electron chi connectivity index (χ1n) is 25.8. The standard InChI is InChI=1S/C18H14ClFN4O2S.C18H15FN4O2S.C10H8ClN5O3S.C10H9N5O3S/c1-11(25)15-9-13(6-7-16(15)19)24-18(21-22-23-24)27-10-14(26)8-12-4-2-3-5-17(12)20;1-12(24)13-6-4-7-15(9-13)23-18(20-21-22-23)26-11-16(25)10-14-5-2-3-8-17(14)19;11-7-2-1-5(3-6(7)9(18)19)16-10(13-14-15-16)20-4-8(12)17;11-8(16)5-19-10-12-13-14-15(10)7-3-1-2-6(4-7)9(17)18/h2-7,9,25H,1,8,10H2;2-9,24H,1,10-11H2;1-3H,4H2,(H2,12,17)(H,18,19);1-4H,5H2,(H2,11,16)(H,17,18). The topological polar surface area (TPSA) is 410 Å². The van der Waals surface area contributed by atoms with Crippen molar-refractivity contribution in [3.63, 3.8) is 0 Å². The SMILES string of the molecule is C=C(O)c1cc(-n2nnnc2SCC(=O)Cc2ccccc2F)ccc1Cl.C=C(O)c1cccc(-n2nnnc2SCC(=O)Cc2ccccc2F)c1.NC(=O)CSc1nnnn1-c1ccc(Cl)c(C(=O)O)c1.NC(=O)CSc1nnnn1-c1cccc(C(=O)O)c1. The third kappa shape index (κ3) is 19.9. The molecule has 36 heteroatoms. The summed E-state index contributed by atoms with van der Waals surface area (Å²) in [6.07, 6.45) is 0.0116. The highest BCUT2D eigenvalue weighted by atomic mass is 35.5. The molecule has 28 nitrogen and oxygen atoms in total. The van der Waals surface area contributed by atoms with Crippen molar-refractivity contribution in [2.75, 3.05) is 23.0 Å². The van der Waals surface area contributed by atoms with Crippen LogP contribution >= 0.6 is 70.2 Å². The Morgan fingerprint density at radius 1 is 0.435 bits per heavy atom. The fraction of sp³-hybridized carbons (Fsp3) is 0.107. The van der Waals surface area contributed by atoms with Gasteiger partial charge in [0.05, 0.1) is 66.9 Å². The third-order valence-corrected chi connectivity index (χ3v) is 16.1. The molecule has 4 aromatic heterocycles. The summed E-state index contributed by atoms with van der Waals surface area (Å²) < 4.78 is 32.8. The van der Waals surface area contributed by atoms with Crippen LogP contribution in [-0.4, -0.2) is 160 Å². The molecule has 0 radical (unpaired) electrons. The molecule has 10 rings (SSSR count). The van der Waals surface area contributed by atoms with Crippen molar-refractivity contribution in [3.8, 4) is 22.7 Å². The number of aliphatic hydroxyl groups is 2. The quantitative estimate of drug-likeness (QED) is 0.0250. The van der Waals surface area contributed by atoms with Crippen molar-refractivity contribution in [2.45, 2.75) is 33.5 Å². The molecular weight excluding hydrogens is 1320 g/mol. The minimum Gasteiger partial charge on any atom is -0.508 e. The summed E-state index contributed by atoms with van der Waals surface area (Å²) in [5.41, 5.74) is 13.9. The smallest absolute Gasteiger partial charge is 0.337 e. The Hall–Kier alpha value is -10.3.